The van der Waals surface area contributed by atoms with Crippen molar-refractivity contribution in [2.24, 2.45) is 11.1 Å². The zero-order chi connectivity index (χ0) is 13.2. The van der Waals surface area contributed by atoms with Gasteiger partial charge in [0.15, 0.2) is 0 Å². The summed E-state index contributed by atoms with van der Waals surface area (Å²) < 4.78 is 0. The Morgan fingerprint density at radius 1 is 1.22 bits per heavy atom. The van der Waals surface area contributed by atoms with Crippen molar-refractivity contribution in [2.45, 2.75) is 33.2 Å². The molecule has 1 aromatic heterocycles. The lowest BCUT2D eigenvalue weighted by molar-refractivity contribution is 0.326. The van der Waals surface area contributed by atoms with Gasteiger partial charge in [0.2, 0.25) is 0 Å². The summed E-state index contributed by atoms with van der Waals surface area (Å²) in [6, 6.07) is 10.4. The van der Waals surface area contributed by atoms with Gasteiger partial charge in [-0.05, 0) is 11.0 Å². The molecule has 0 bridgehead atoms. The minimum Gasteiger partial charge on any atom is -0.322 e. The van der Waals surface area contributed by atoms with Crippen LogP contribution in [0.15, 0.2) is 35.7 Å². The molecule has 2 nitrogen and oxygen atoms in total. The Kier molecular flexibility index (Phi) is 3.83. The van der Waals surface area contributed by atoms with Crippen LogP contribution in [0.25, 0.3) is 0 Å². The van der Waals surface area contributed by atoms with E-state index in [2.05, 4.69) is 55.4 Å². The first-order valence-electron chi connectivity index (χ1n) is 6.20. The topological polar surface area (TPSA) is 38.9 Å². The third-order valence-electron chi connectivity index (χ3n) is 3.00. The Morgan fingerprint density at radius 2 is 1.89 bits per heavy atom. The lowest BCUT2D eigenvalue weighted by Crippen LogP contribution is -2.26. The fourth-order valence-corrected chi connectivity index (χ4v) is 2.79. The largest absolute Gasteiger partial charge is 0.322 e. The highest BCUT2D eigenvalue weighted by molar-refractivity contribution is 7.09. The van der Waals surface area contributed by atoms with E-state index in [1.807, 2.05) is 6.07 Å². The molecule has 2 N–H and O–H groups in total. The second-order valence-electron chi connectivity index (χ2n) is 5.68. The molecule has 0 amide bonds. The highest BCUT2D eigenvalue weighted by atomic mass is 32.1. The molecule has 96 valence electrons. The summed E-state index contributed by atoms with van der Waals surface area (Å²) in [5.74, 6) is 0. The number of hydrogen-bond acceptors (Lipinski definition) is 3. The molecular formula is C15H20N2S. The van der Waals surface area contributed by atoms with E-state index in [4.69, 9.17) is 5.73 Å². The van der Waals surface area contributed by atoms with Gasteiger partial charge in [0.1, 0.15) is 5.01 Å². The van der Waals surface area contributed by atoms with Crippen LogP contribution in [0, 0.1) is 5.41 Å². The van der Waals surface area contributed by atoms with Gasteiger partial charge in [-0.25, -0.2) is 4.98 Å². The summed E-state index contributed by atoms with van der Waals surface area (Å²) >= 11 is 1.67. The smallest absolute Gasteiger partial charge is 0.110 e. The molecule has 0 aliphatic carbocycles. The van der Waals surface area contributed by atoms with E-state index in [0.29, 0.717) is 0 Å². The first-order chi connectivity index (χ1) is 8.47. The summed E-state index contributed by atoms with van der Waals surface area (Å²) in [5.41, 5.74) is 8.69. The van der Waals surface area contributed by atoms with E-state index in [1.165, 1.54) is 5.56 Å². The molecule has 0 fully saturated rings. The van der Waals surface area contributed by atoms with Crippen molar-refractivity contribution in [1.29, 1.82) is 0 Å². The molecule has 0 saturated heterocycles. The molecule has 1 heterocycles. The van der Waals surface area contributed by atoms with Crippen molar-refractivity contribution in [3.8, 4) is 0 Å². The predicted molar refractivity (Wildman–Crippen MR) is 77.7 cm³/mol. The van der Waals surface area contributed by atoms with E-state index in [9.17, 15) is 0 Å². The number of nitrogens with two attached hydrogens (primary N) is 1. The number of benzene rings is 1. The normalized spacial score (nSPS) is 13.6. The fourth-order valence-electron chi connectivity index (χ4n) is 1.72. The highest BCUT2D eigenvalue weighted by Crippen LogP contribution is 2.32. The molecule has 2 aromatic rings. The molecule has 0 aliphatic heterocycles. The number of rotatable bonds is 3. The predicted octanol–water partition coefficient (Wildman–Crippen LogP) is 3.78. The van der Waals surface area contributed by atoms with E-state index in [-0.39, 0.29) is 11.5 Å². The maximum atomic E-state index is 6.23. The molecule has 1 atom stereocenters. The van der Waals surface area contributed by atoms with Crippen molar-refractivity contribution in [3.05, 3.63) is 52.0 Å². The van der Waals surface area contributed by atoms with Crippen LogP contribution in [-0.4, -0.2) is 4.98 Å². The number of aromatic nitrogens is 1. The van der Waals surface area contributed by atoms with E-state index >= 15 is 0 Å². The monoisotopic (exact) mass is 260 g/mol. The first kappa shape index (κ1) is 13.2. The zero-order valence-electron chi connectivity index (χ0n) is 11.2. The summed E-state index contributed by atoms with van der Waals surface area (Å²) in [5, 5.41) is 3.15. The van der Waals surface area contributed by atoms with Crippen molar-refractivity contribution in [2.75, 3.05) is 0 Å². The molecule has 0 saturated carbocycles. The summed E-state index contributed by atoms with van der Waals surface area (Å²) in [4.78, 5) is 4.67. The summed E-state index contributed by atoms with van der Waals surface area (Å²) in [6.45, 7) is 6.45. The SMILES string of the molecule is CC(C)(C)C(N)c1nc(Cc2ccccc2)cs1. The van der Waals surface area contributed by atoms with Crippen molar-refractivity contribution >= 4 is 11.3 Å². The van der Waals surface area contributed by atoms with Gasteiger partial charge in [-0.3, -0.25) is 0 Å². The van der Waals surface area contributed by atoms with Gasteiger partial charge in [-0.2, -0.15) is 0 Å². The Bertz CT molecular complexity index is 497. The number of nitrogens with zero attached hydrogens (tertiary/aromatic N) is 1. The zero-order valence-corrected chi connectivity index (χ0v) is 12.0. The van der Waals surface area contributed by atoms with Crippen LogP contribution in [-0.2, 0) is 6.42 Å². The average Bonchev–Trinajstić information content (AvgIpc) is 2.76. The molecule has 18 heavy (non-hydrogen) atoms. The van der Waals surface area contributed by atoms with Crippen LogP contribution >= 0.6 is 11.3 Å². The molecule has 1 unspecified atom stereocenters. The molecule has 3 heteroatoms. The second-order valence-corrected chi connectivity index (χ2v) is 6.57. The standard InChI is InChI=1S/C15H20N2S/c1-15(2,3)13(16)14-17-12(10-18-14)9-11-7-5-4-6-8-11/h4-8,10,13H,9,16H2,1-3H3. The van der Waals surface area contributed by atoms with Crippen LogP contribution in [0.1, 0.15) is 43.1 Å². The summed E-state index contributed by atoms with van der Waals surface area (Å²) in [6.07, 6.45) is 0.883. The fraction of sp³-hybridized carbons (Fsp3) is 0.400. The van der Waals surface area contributed by atoms with Crippen LogP contribution in [0.4, 0.5) is 0 Å². The minimum absolute atomic E-state index is 0.00650. The Balaban J connectivity index is 2.12. The van der Waals surface area contributed by atoms with Crippen molar-refractivity contribution in [1.82, 2.24) is 4.98 Å². The number of hydrogen-bond donors (Lipinski definition) is 1. The average molecular weight is 260 g/mol. The van der Waals surface area contributed by atoms with E-state index in [0.717, 1.165) is 17.1 Å². The van der Waals surface area contributed by atoms with Crippen LogP contribution in [0.3, 0.4) is 0 Å². The highest BCUT2D eigenvalue weighted by Gasteiger charge is 2.24. The van der Waals surface area contributed by atoms with E-state index in [1.54, 1.807) is 11.3 Å². The maximum Gasteiger partial charge on any atom is 0.110 e. The van der Waals surface area contributed by atoms with Crippen molar-refractivity contribution < 1.29 is 0 Å². The third-order valence-corrected chi connectivity index (χ3v) is 3.97. The van der Waals surface area contributed by atoms with Gasteiger partial charge in [0.05, 0.1) is 11.7 Å². The second kappa shape index (κ2) is 5.21. The van der Waals surface area contributed by atoms with Crippen LogP contribution < -0.4 is 5.73 Å². The summed E-state index contributed by atoms with van der Waals surface area (Å²) in [7, 11) is 0. The van der Waals surface area contributed by atoms with E-state index < -0.39 is 0 Å². The minimum atomic E-state index is 0.00650. The van der Waals surface area contributed by atoms with Crippen LogP contribution in [0.5, 0.6) is 0 Å². The van der Waals surface area contributed by atoms with Gasteiger partial charge in [0.25, 0.3) is 0 Å². The molecule has 2 rings (SSSR count). The molecule has 0 aliphatic rings. The third kappa shape index (κ3) is 3.18. The molecular weight excluding hydrogens is 240 g/mol. The van der Waals surface area contributed by atoms with Gasteiger partial charge in [-0.1, -0.05) is 51.1 Å². The van der Waals surface area contributed by atoms with Gasteiger partial charge < -0.3 is 5.73 Å². The lowest BCUT2D eigenvalue weighted by Gasteiger charge is -2.24. The van der Waals surface area contributed by atoms with Gasteiger partial charge in [0, 0.05) is 11.8 Å². The number of thiazole rings is 1. The maximum absolute atomic E-state index is 6.23. The lowest BCUT2D eigenvalue weighted by atomic mass is 9.88. The Hall–Kier alpha value is -1.19. The van der Waals surface area contributed by atoms with Crippen LogP contribution in [0.2, 0.25) is 0 Å². The molecule has 0 spiro atoms. The van der Waals surface area contributed by atoms with Crippen molar-refractivity contribution in [3.63, 3.8) is 0 Å². The van der Waals surface area contributed by atoms with Gasteiger partial charge >= 0.3 is 0 Å². The van der Waals surface area contributed by atoms with Gasteiger partial charge in [-0.15, -0.1) is 11.3 Å². The Labute approximate surface area is 113 Å². The molecule has 1 aromatic carbocycles. The molecule has 0 radical (unpaired) electrons. The Morgan fingerprint density at radius 3 is 2.50 bits per heavy atom. The first-order valence-corrected chi connectivity index (χ1v) is 7.08. The quantitative estimate of drug-likeness (QED) is 0.912.